The molecule has 2 aromatic carbocycles. The van der Waals surface area contributed by atoms with Gasteiger partial charge in [0.2, 0.25) is 0 Å². The van der Waals surface area contributed by atoms with Crippen molar-refractivity contribution in [2.45, 2.75) is 19.9 Å². The van der Waals surface area contributed by atoms with Crippen LogP contribution in [0.15, 0.2) is 35.9 Å². The Labute approximate surface area is 192 Å². The van der Waals surface area contributed by atoms with Crippen LogP contribution in [-0.2, 0) is 9.59 Å². The highest BCUT2D eigenvalue weighted by Gasteiger charge is 2.46. The van der Waals surface area contributed by atoms with E-state index in [1.165, 1.54) is 17.0 Å². The number of phenolic OH excluding ortho intramolecular Hbond substituents is 1. The summed E-state index contributed by atoms with van der Waals surface area (Å²) in [5.74, 6) is -1.16. The fraction of sp³-hybridized carbons (Fsp3) is 0.333. The quantitative estimate of drug-likeness (QED) is 0.390. The van der Waals surface area contributed by atoms with Crippen LogP contribution in [0.2, 0.25) is 5.02 Å². The Bertz CT molecular complexity index is 1110. The first kappa shape index (κ1) is 23.6. The van der Waals surface area contributed by atoms with Crippen LogP contribution in [0.25, 0.3) is 5.76 Å². The summed E-state index contributed by atoms with van der Waals surface area (Å²) >= 11 is 6.12. The maximum Gasteiger partial charge on any atom is 0.295 e. The lowest BCUT2D eigenvalue weighted by molar-refractivity contribution is -0.140. The van der Waals surface area contributed by atoms with Crippen molar-refractivity contribution in [1.29, 1.82) is 0 Å². The van der Waals surface area contributed by atoms with Crippen molar-refractivity contribution in [2.75, 3.05) is 34.3 Å². The molecular formula is C24H27ClN2O5. The molecule has 1 saturated heterocycles. The molecule has 3 rings (SSSR count). The Morgan fingerprint density at radius 2 is 1.84 bits per heavy atom. The first-order valence-corrected chi connectivity index (χ1v) is 10.5. The summed E-state index contributed by atoms with van der Waals surface area (Å²) in [4.78, 5) is 29.4. The number of amides is 1. The van der Waals surface area contributed by atoms with Gasteiger partial charge in [-0.3, -0.25) is 9.59 Å². The number of halogens is 1. The average Bonchev–Trinajstić information content (AvgIpc) is 2.99. The van der Waals surface area contributed by atoms with E-state index >= 15 is 0 Å². The molecule has 7 nitrogen and oxygen atoms in total. The molecule has 1 aliphatic heterocycles. The number of aromatic hydroxyl groups is 1. The topological polar surface area (TPSA) is 90.3 Å². The monoisotopic (exact) mass is 458 g/mol. The zero-order valence-electron chi connectivity index (χ0n) is 18.8. The zero-order valence-corrected chi connectivity index (χ0v) is 19.5. The second kappa shape index (κ2) is 9.22. The smallest absolute Gasteiger partial charge is 0.295 e. The number of rotatable bonds is 6. The van der Waals surface area contributed by atoms with Crippen LogP contribution in [0, 0.1) is 13.8 Å². The van der Waals surface area contributed by atoms with Crippen molar-refractivity contribution in [3.05, 3.63) is 63.2 Å². The van der Waals surface area contributed by atoms with Crippen LogP contribution in [0.5, 0.6) is 11.5 Å². The van der Waals surface area contributed by atoms with E-state index in [9.17, 15) is 19.8 Å². The molecule has 0 spiro atoms. The van der Waals surface area contributed by atoms with Gasteiger partial charge in [0, 0.05) is 18.7 Å². The zero-order chi connectivity index (χ0) is 23.7. The minimum Gasteiger partial charge on any atom is -0.507 e. The van der Waals surface area contributed by atoms with Gasteiger partial charge in [-0.1, -0.05) is 17.7 Å². The van der Waals surface area contributed by atoms with Gasteiger partial charge in [-0.05, 0) is 68.9 Å². The van der Waals surface area contributed by atoms with Gasteiger partial charge in [-0.15, -0.1) is 0 Å². The molecule has 32 heavy (non-hydrogen) atoms. The maximum absolute atomic E-state index is 13.1. The number of nitrogens with zero attached hydrogens (tertiary/aromatic N) is 2. The Morgan fingerprint density at radius 1 is 1.16 bits per heavy atom. The molecule has 1 heterocycles. The molecule has 1 atom stereocenters. The standard InChI is InChI=1S/C24H27ClN2O5/c1-13-11-19(32-5)14(2)10-16(13)22(29)20-21(15-6-7-18(28)17(25)12-15)27(9-8-26(3)4)24(31)23(20)30/h6-7,10-12,21,28-29H,8-9H2,1-5H3/b22-20+. The molecule has 0 bridgehead atoms. The number of aryl methyl sites for hydroxylation is 2. The van der Waals surface area contributed by atoms with Crippen molar-refractivity contribution < 1.29 is 24.5 Å². The molecule has 2 N–H and O–H groups in total. The van der Waals surface area contributed by atoms with Crippen molar-refractivity contribution >= 4 is 29.1 Å². The third-order valence-corrected chi connectivity index (χ3v) is 5.92. The van der Waals surface area contributed by atoms with E-state index in [1.54, 1.807) is 32.2 Å². The molecule has 1 unspecified atom stereocenters. The lowest BCUT2D eigenvalue weighted by atomic mass is 9.93. The number of ether oxygens (including phenoxy) is 1. The van der Waals surface area contributed by atoms with E-state index in [0.717, 1.165) is 5.56 Å². The number of carbonyl (C=O) groups excluding carboxylic acids is 2. The fourth-order valence-electron chi connectivity index (χ4n) is 3.87. The lowest BCUT2D eigenvalue weighted by Gasteiger charge is -2.27. The largest absolute Gasteiger partial charge is 0.507 e. The summed E-state index contributed by atoms with van der Waals surface area (Å²) in [5.41, 5.74) is 2.44. The first-order valence-electron chi connectivity index (χ1n) is 10.1. The lowest BCUT2D eigenvalue weighted by Crippen LogP contribution is -2.35. The van der Waals surface area contributed by atoms with Crippen LogP contribution >= 0.6 is 11.6 Å². The molecule has 8 heteroatoms. The Morgan fingerprint density at radius 3 is 2.44 bits per heavy atom. The van der Waals surface area contributed by atoms with Gasteiger partial charge >= 0.3 is 0 Å². The van der Waals surface area contributed by atoms with Crippen molar-refractivity contribution in [3.63, 3.8) is 0 Å². The molecule has 1 aliphatic rings. The summed E-state index contributed by atoms with van der Waals surface area (Å²) < 4.78 is 5.34. The Balaban J connectivity index is 2.22. The summed E-state index contributed by atoms with van der Waals surface area (Å²) in [6, 6.07) is 7.19. The minimum atomic E-state index is -0.838. The number of carbonyl (C=O) groups is 2. The van der Waals surface area contributed by atoms with Gasteiger partial charge in [0.15, 0.2) is 0 Å². The normalized spacial score (nSPS) is 18.0. The third kappa shape index (κ3) is 4.31. The highest BCUT2D eigenvalue weighted by atomic mass is 35.5. The molecule has 0 radical (unpaired) electrons. The number of aliphatic hydroxyl groups excluding tert-OH is 1. The van der Waals surface area contributed by atoms with E-state index in [1.807, 2.05) is 25.9 Å². The maximum atomic E-state index is 13.1. The number of Topliss-reactive ketones (excluding diaryl/α,β-unsaturated/α-hetero) is 1. The van der Waals surface area contributed by atoms with Gasteiger partial charge < -0.3 is 24.7 Å². The van der Waals surface area contributed by atoms with Gasteiger partial charge in [0.05, 0.1) is 23.7 Å². The summed E-state index contributed by atoms with van der Waals surface area (Å²) in [6.07, 6.45) is 0. The minimum absolute atomic E-state index is 0.0109. The van der Waals surface area contributed by atoms with Gasteiger partial charge in [0.1, 0.15) is 17.3 Å². The molecule has 0 saturated carbocycles. The number of hydrogen-bond acceptors (Lipinski definition) is 6. The van der Waals surface area contributed by atoms with E-state index in [2.05, 4.69) is 0 Å². The predicted molar refractivity (Wildman–Crippen MR) is 123 cm³/mol. The third-order valence-electron chi connectivity index (χ3n) is 5.61. The Kier molecular flexibility index (Phi) is 6.81. The van der Waals surface area contributed by atoms with Crippen molar-refractivity contribution in [1.82, 2.24) is 9.80 Å². The van der Waals surface area contributed by atoms with Crippen molar-refractivity contribution in [2.24, 2.45) is 0 Å². The molecule has 1 amide bonds. The SMILES string of the molecule is COc1cc(C)c(/C(O)=C2\C(=O)C(=O)N(CCN(C)C)C2c2ccc(O)c(Cl)c2)cc1C. The van der Waals surface area contributed by atoms with E-state index < -0.39 is 17.7 Å². The number of aliphatic hydroxyl groups is 1. The first-order chi connectivity index (χ1) is 15.1. The molecule has 2 aromatic rings. The number of likely N-dealkylation sites (N-methyl/N-ethyl adjacent to an activating group) is 1. The molecule has 1 fully saturated rings. The second-order valence-corrected chi connectivity index (χ2v) is 8.55. The summed E-state index contributed by atoms with van der Waals surface area (Å²) in [5, 5.41) is 21.2. The number of hydrogen-bond donors (Lipinski definition) is 2. The Hall–Kier alpha value is -3.03. The number of methoxy groups -OCH3 is 1. The van der Waals surface area contributed by atoms with Crippen LogP contribution in [-0.4, -0.2) is 66.0 Å². The number of ketones is 1. The summed E-state index contributed by atoms with van der Waals surface area (Å²) in [6.45, 7) is 4.43. The van der Waals surface area contributed by atoms with Crippen LogP contribution < -0.4 is 4.74 Å². The fourth-order valence-corrected chi connectivity index (χ4v) is 4.06. The van der Waals surface area contributed by atoms with E-state index in [0.29, 0.717) is 29.0 Å². The van der Waals surface area contributed by atoms with Crippen LogP contribution in [0.3, 0.4) is 0 Å². The molecule has 170 valence electrons. The van der Waals surface area contributed by atoms with E-state index in [-0.39, 0.29) is 28.6 Å². The van der Waals surface area contributed by atoms with Gasteiger partial charge in [-0.2, -0.15) is 0 Å². The molecular weight excluding hydrogens is 432 g/mol. The summed E-state index contributed by atoms with van der Waals surface area (Å²) in [7, 11) is 5.30. The number of likely N-dealkylation sites (tertiary alicyclic amines) is 1. The van der Waals surface area contributed by atoms with E-state index in [4.69, 9.17) is 16.3 Å². The predicted octanol–water partition coefficient (Wildman–Crippen LogP) is 3.65. The van der Waals surface area contributed by atoms with Gasteiger partial charge in [-0.25, -0.2) is 0 Å². The molecule has 0 aromatic heterocycles. The van der Waals surface area contributed by atoms with Gasteiger partial charge in [0.25, 0.3) is 11.7 Å². The average molecular weight is 459 g/mol. The highest BCUT2D eigenvalue weighted by molar-refractivity contribution is 6.46. The van der Waals surface area contributed by atoms with Crippen LogP contribution in [0.4, 0.5) is 0 Å². The molecule has 0 aliphatic carbocycles. The second-order valence-electron chi connectivity index (χ2n) is 8.14. The number of benzene rings is 2. The van der Waals surface area contributed by atoms with Crippen LogP contribution in [0.1, 0.15) is 28.3 Å². The highest BCUT2D eigenvalue weighted by Crippen LogP contribution is 2.42. The van der Waals surface area contributed by atoms with Crippen molar-refractivity contribution in [3.8, 4) is 11.5 Å². The number of phenols is 1.